The lowest BCUT2D eigenvalue weighted by Crippen LogP contribution is -2.21. The van der Waals surface area contributed by atoms with Crippen molar-refractivity contribution < 1.29 is 14.3 Å². The molecule has 0 saturated heterocycles. The first kappa shape index (κ1) is 19.4. The number of hydrogen-bond acceptors (Lipinski definition) is 3. The zero-order valence-corrected chi connectivity index (χ0v) is 16.8. The predicted molar refractivity (Wildman–Crippen MR) is 110 cm³/mol. The second-order valence-corrected chi connectivity index (χ2v) is 7.73. The first-order chi connectivity index (χ1) is 12.8. The van der Waals surface area contributed by atoms with E-state index < -0.39 is 17.5 Å². The summed E-state index contributed by atoms with van der Waals surface area (Å²) in [5, 5.41) is 11.0. The van der Waals surface area contributed by atoms with Crippen molar-refractivity contribution in [3.05, 3.63) is 80.1 Å². The average molecular weight is 448 g/mol. The molecule has 0 fully saturated rings. The smallest absolute Gasteiger partial charge is 0.340 e. The molecule has 0 aliphatic heterocycles. The summed E-state index contributed by atoms with van der Waals surface area (Å²) in [4.78, 5) is 24.8. The van der Waals surface area contributed by atoms with Gasteiger partial charge < -0.3 is 9.52 Å². The van der Waals surface area contributed by atoms with E-state index in [2.05, 4.69) is 22.5 Å². The Morgan fingerprint density at radius 1 is 1.26 bits per heavy atom. The van der Waals surface area contributed by atoms with Crippen LogP contribution in [0.15, 0.2) is 68.3 Å². The largest absolute Gasteiger partial charge is 0.481 e. The SMILES string of the molecule is C=C(C)CC(C(=O)O)c1c(-c2ccc(Cl)cc2)c2cc(Br)ccc2oc1=O. The highest BCUT2D eigenvalue weighted by Gasteiger charge is 2.29. The van der Waals surface area contributed by atoms with Crippen LogP contribution in [0.5, 0.6) is 0 Å². The quantitative estimate of drug-likeness (QED) is 0.384. The molecule has 0 bridgehead atoms. The molecule has 4 nitrogen and oxygen atoms in total. The molecule has 3 rings (SSSR count). The van der Waals surface area contributed by atoms with Crippen LogP contribution in [-0.2, 0) is 4.79 Å². The van der Waals surface area contributed by atoms with E-state index in [9.17, 15) is 14.7 Å². The third kappa shape index (κ3) is 3.99. The van der Waals surface area contributed by atoms with Crippen LogP contribution in [0.3, 0.4) is 0 Å². The maximum absolute atomic E-state index is 12.8. The van der Waals surface area contributed by atoms with Crippen molar-refractivity contribution in [2.75, 3.05) is 0 Å². The molecule has 1 unspecified atom stereocenters. The molecule has 6 heteroatoms. The molecule has 1 aromatic heterocycles. The van der Waals surface area contributed by atoms with Crippen molar-refractivity contribution in [3.63, 3.8) is 0 Å². The van der Waals surface area contributed by atoms with Gasteiger partial charge in [-0.1, -0.05) is 45.2 Å². The van der Waals surface area contributed by atoms with E-state index in [0.29, 0.717) is 32.7 Å². The fraction of sp³-hybridized carbons (Fsp3) is 0.143. The molecule has 0 radical (unpaired) electrons. The molecule has 1 heterocycles. The van der Waals surface area contributed by atoms with Crippen molar-refractivity contribution in [2.24, 2.45) is 0 Å². The Kier molecular flexibility index (Phi) is 5.53. The standard InChI is InChI=1S/C21H16BrClO4/c1-11(2)9-16(20(24)25)19-18(12-3-6-14(23)7-4-12)15-10-13(22)5-8-17(15)27-21(19)26/h3-8,10,16H,1,9H2,2H3,(H,24,25). The second-order valence-electron chi connectivity index (χ2n) is 6.38. The van der Waals surface area contributed by atoms with Gasteiger partial charge in [-0.25, -0.2) is 4.79 Å². The van der Waals surface area contributed by atoms with Gasteiger partial charge in [-0.05, 0) is 49.2 Å². The molecule has 3 aromatic rings. The highest BCUT2D eigenvalue weighted by Crippen LogP contribution is 2.37. The van der Waals surface area contributed by atoms with E-state index in [4.69, 9.17) is 16.0 Å². The van der Waals surface area contributed by atoms with Gasteiger partial charge in [0.05, 0.1) is 11.5 Å². The zero-order chi connectivity index (χ0) is 19.7. The van der Waals surface area contributed by atoms with Crippen LogP contribution in [0.25, 0.3) is 22.1 Å². The lowest BCUT2D eigenvalue weighted by atomic mass is 9.86. The van der Waals surface area contributed by atoms with Gasteiger partial charge in [-0.3, -0.25) is 4.79 Å². The van der Waals surface area contributed by atoms with E-state index in [0.717, 1.165) is 4.47 Å². The maximum atomic E-state index is 12.8. The zero-order valence-electron chi connectivity index (χ0n) is 14.5. The Labute approximate surface area is 169 Å². The summed E-state index contributed by atoms with van der Waals surface area (Å²) in [6, 6.07) is 12.2. The number of hydrogen-bond donors (Lipinski definition) is 1. The van der Waals surface area contributed by atoms with Gasteiger partial charge in [0.2, 0.25) is 0 Å². The third-order valence-corrected chi connectivity index (χ3v) is 4.98. The first-order valence-electron chi connectivity index (χ1n) is 8.17. The molecule has 0 saturated carbocycles. The Morgan fingerprint density at radius 3 is 2.52 bits per heavy atom. The normalized spacial score (nSPS) is 12.1. The number of carboxylic acid groups (broad SMARTS) is 1. The molecule has 2 aromatic carbocycles. The van der Waals surface area contributed by atoms with Crippen molar-refractivity contribution >= 4 is 44.5 Å². The molecule has 0 aliphatic carbocycles. The molecule has 1 N–H and O–H groups in total. The molecule has 0 spiro atoms. The molecule has 0 amide bonds. The summed E-state index contributed by atoms with van der Waals surface area (Å²) >= 11 is 9.43. The van der Waals surface area contributed by atoms with Crippen molar-refractivity contribution in [3.8, 4) is 11.1 Å². The molecule has 138 valence electrons. The average Bonchev–Trinajstić information content (AvgIpc) is 2.60. The summed E-state index contributed by atoms with van der Waals surface area (Å²) < 4.78 is 6.24. The highest BCUT2D eigenvalue weighted by molar-refractivity contribution is 9.10. The van der Waals surface area contributed by atoms with Crippen molar-refractivity contribution in [2.45, 2.75) is 19.3 Å². The minimum absolute atomic E-state index is 0.110. The molecular weight excluding hydrogens is 432 g/mol. The minimum Gasteiger partial charge on any atom is -0.481 e. The lowest BCUT2D eigenvalue weighted by molar-refractivity contribution is -0.138. The number of carboxylic acids is 1. The molecule has 27 heavy (non-hydrogen) atoms. The number of aliphatic carboxylic acids is 1. The molecule has 1 atom stereocenters. The van der Waals surface area contributed by atoms with Crippen molar-refractivity contribution in [1.82, 2.24) is 0 Å². The van der Waals surface area contributed by atoms with E-state index in [-0.39, 0.29) is 12.0 Å². The number of carbonyl (C=O) groups is 1. The molecular formula is C21H16BrClO4. The summed E-state index contributed by atoms with van der Waals surface area (Å²) in [6.45, 7) is 5.54. The number of benzene rings is 2. The fourth-order valence-electron chi connectivity index (χ4n) is 3.09. The minimum atomic E-state index is -1.10. The third-order valence-electron chi connectivity index (χ3n) is 4.23. The predicted octanol–water partition coefficient (Wildman–Crippen LogP) is 6.01. The van der Waals surface area contributed by atoms with Crippen molar-refractivity contribution in [1.29, 1.82) is 0 Å². The Hall–Kier alpha value is -2.37. The van der Waals surface area contributed by atoms with E-state index in [1.54, 1.807) is 43.3 Å². The highest BCUT2D eigenvalue weighted by atomic mass is 79.9. The van der Waals surface area contributed by atoms with Gasteiger partial charge in [-0.15, -0.1) is 6.58 Å². The summed E-state index contributed by atoms with van der Waals surface area (Å²) in [7, 11) is 0. The van der Waals surface area contributed by atoms with Crippen LogP contribution in [0.4, 0.5) is 0 Å². The number of rotatable bonds is 5. The second kappa shape index (κ2) is 7.71. The monoisotopic (exact) mass is 446 g/mol. The Morgan fingerprint density at radius 2 is 1.93 bits per heavy atom. The van der Waals surface area contributed by atoms with E-state index in [1.165, 1.54) is 0 Å². The summed E-state index contributed by atoms with van der Waals surface area (Å²) in [6.07, 6.45) is 0.139. The van der Waals surface area contributed by atoms with E-state index in [1.807, 2.05) is 6.07 Å². The topological polar surface area (TPSA) is 67.5 Å². The lowest BCUT2D eigenvalue weighted by Gasteiger charge is -2.18. The van der Waals surface area contributed by atoms with Crippen LogP contribution in [0, 0.1) is 0 Å². The Balaban J connectivity index is 2.44. The van der Waals surface area contributed by atoms with Gasteiger partial charge in [0.15, 0.2) is 0 Å². The molecule has 0 aliphatic rings. The van der Waals surface area contributed by atoms with Crippen LogP contribution in [0.1, 0.15) is 24.8 Å². The van der Waals surface area contributed by atoms with E-state index >= 15 is 0 Å². The van der Waals surface area contributed by atoms with Crippen LogP contribution >= 0.6 is 27.5 Å². The summed E-state index contributed by atoms with van der Waals surface area (Å²) in [5.74, 6) is -2.16. The maximum Gasteiger partial charge on any atom is 0.340 e. The van der Waals surface area contributed by atoms with Gasteiger partial charge >= 0.3 is 11.6 Å². The Bertz CT molecular complexity index is 1100. The van der Waals surface area contributed by atoms with Crippen LogP contribution in [0.2, 0.25) is 5.02 Å². The number of halogens is 2. The van der Waals surface area contributed by atoms with Gasteiger partial charge in [0.25, 0.3) is 0 Å². The first-order valence-corrected chi connectivity index (χ1v) is 9.34. The van der Waals surface area contributed by atoms with Crippen LogP contribution < -0.4 is 5.63 Å². The number of fused-ring (bicyclic) bond motifs is 1. The van der Waals surface area contributed by atoms with Gasteiger partial charge in [0.1, 0.15) is 5.58 Å². The van der Waals surface area contributed by atoms with Crippen LogP contribution in [-0.4, -0.2) is 11.1 Å². The van der Waals surface area contributed by atoms with Gasteiger partial charge in [-0.2, -0.15) is 0 Å². The number of allylic oxidation sites excluding steroid dienone is 1. The fourth-order valence-corrected chi connectivity index (χ4v) is 3.58. The summed E-state index contributed by atoms with van der Waals surface area (Å²) in [5.41, 5.74) is 1.72. The van der Waals surface area contributed by atoms with Gasteiger partial charge in [0, 0.05) is 20.4 Å².